The fourth-order valence-electron chi connectivity index (χ4n) is 1.79. The Morgan fingerprint density at radius 1 is 1.38 bits per heavy atom. The van der Waals surface area contributed by atoms with Crippen molar-refractivity contribution in [2.45, 2.75) is 40.2 Å². The molecule has 1 heterocycles. The van der Waals surface area contributed by atoms with Gasteiger partial charge in [0.25, 0.3) is 0 Å². The van der Waals surface area contributed by atoms with Crippen LogP contribution >= 0.6 is 0 Å². The molecule has 0 aliphatic heterocycles. The second kappa shape index (κ2) is 3.77. The zero-order valence-electron chi connectivity index (χ0n) is 8.79. The number of hydrogen-bond donors (Lipinski definition) is 0. The average Bonchev–Trinajstić information content (AvgIpc) is 2.01. The van der Waals surface area contributed by atoms with Crippen molar-refractivity contribution in [3.05, 3.63) is 33.7 Å². The maximum absolute atomic E-state index is 11.2. The number of nitrogens with zero attached hydrogens (tertiary/aromatic N) is 1. The Bertz CT molecular complexity index is 350. The van der Waals surface area contributed by atoms with Crippen LogP contribution in [-0.2, 0) is 6.42 Å². The average molecular weight is 179 g/mol. The van der Waals surface area contributed by atoms with Gasteiger partial charge in [0.2, 0.25) is 0 Å². The highest BCUT2D eigenvalue weighted by Crippen LogP contribution is 2.11. The normalized spacial score (nSPS) is 10.8. The van der Waals surface area contributed by atoms with Crippen LogP contribution in [0.2, 0.25) is 0 Å². The van der Waals surface area contributed by atoms with E-state index >= 15 is 0 Å². The first kappa shape index (κ1) is 10.0. The van der Waals surface area contributed by atoms with Gasteiger partial charge in [-0.2, -0.15) is 0 Å². The monoisotopic (exact) mass is 179 g/mol. The standard InChI is InChI=1S/C11H17NO/c1-5-10-7-11(13)6-9(4)12(10)8(2)3/h6-8H,5H2,1-4H3. The predicted octanol–water partition coefficient (Wildman–Crippen LogP) is 2.30. The molecule has 0 saturated heterocycles. The lowest BCUT2D eigenvalue weighted by Crippen LogP contribution is -2.16. The molecule has 0 aromatic carbocycles. The molecule has 0 fully saturated rings. The lowest BCUT2D eigenvalue weighted by atomic mass is 10.2. The highest BCUT2D eigenvalue weighted by Gasteiger charge is 2.05. The third kappa shape index (κ3) is 2.00. The molecule has 72 valence electrons. The fraction of sp³-hybridized carbons (Fsp3) is 0.545. The Kier molecular flexibility index (Phi) is 2.91. The van der Waals surface area contributed by atoms with Gasteiger partial charge in [-0.1, -0.05) is 6.92 Å². The summed E-state index contributed by atoms with van der Waals surface area (Å²) < 4.78 is 2.21. The zero-order valence-corrected chi connectivity index (χ0v) is 8.79. The smallest absolute Gasteiger partial charge is 0.182 e. The van der Waals surface area contributed by atoms with E-state index in [9.17, 15) is 4.79 Å². The fourth-order valence-corrected chi connectivity index (χ4v) is 1.79. The van der Waals surface area contributed by atoms with Gasteiger partial charge in [0, 0.05) is 29.6 Å². The number of aryl methyl sites for hydroxylation is 2. The molecule has 1 aromatic heterocycles. The Balaban J connectivity index is 3.38. The van der Waals surface area contributed by atoms with Crippen molar-refractivity contribution < 1.29 is 0 Å². The molecule has 0 N–H and O–H groups in total. The summed E-state index contributed by atoms with van der Waals surface area (Å²) in [6.07, 6.45) is 0.912. The third-order valence-electron chi connectivity index (χ3n) is 2.23. The van der Waals surface area contributed by atoms with E-state index in [0.29, 0.717) is 6.04 Å². The minimum atomic E-state index is 0.117. The molecule has 0 unspecified atom stereocenters. The molecule has 0 radical (unpaired) electrons. The van der Waals surface area contributed by atoms with Crippen molar-refractivity contribution >= 4 is 0 Å². The second-order valence-electron chi connectivity index (χ2n) is 3.64. The molecular formula is C11H17NO. The van der Waals surface area contributed by atoms with Crippen molar-refractivity contribution in [3.63, 3.8) is 0 Å². The summed E-state index contributed by atoms with van der Waals surface area (Å²) in [6.45, 7) is 8.33. The third-order valence-corrected chi connectivity index (χ3v) is 2.23. The lowest BCUT2D eigenvalue weighted by Gasteiger charge is -2.19. The lowest BCUT2D eigenvalue weighted by molar-refractivity contribution is 0.554. The van der Waals surface area contributed by atoms with Gasteiger partial charge in [-0.25, -0.2) is 0 Å². The van der Waals surface area contributed by atoms with E-state index in [4.69, 9.17) is 0 Å². The Hall–Kier alpha value is -1.05. The molecule has 2 nitrogen and oxygen atoms in total. The SMILES string of the molecule is CCc1cc(=O)cc(C)n1C(C)C. The van der Waals surface area contributed by atoms with E-state index in [1.165, 1.54) is 0 Å². The molecule has 0 aliphatic carbocycles. The van der Waals surface area contributed by atoms with Gasteiger partial charge in [-0.05, 0) is 27.2 Å². The summed E-state index contributed by atoms with van der Waals surface area (Å²) in [5.41, 5.74) is 2.30. The van der Waals surface area contributed by atoms with Crippen LogP contribution in [0.25, 0.3) is 0 Å². The summed E-state index contributed by atoms with van der Waals surface area (Å²) in [7, 11) is 0. The van der Waals surface area contributed by atoms with Crippen LogP contribution in [0.4, 0.5) is 0 Å². The summed E-state index contributed by atoms with van der Waals surface area (Å²) in [6, 6.07) is 3.85. The van der Waals surface area contributed by atoms with Crippen LogP contribution in [0.5, 0.6) is 0 Å². The number of aromatic nitrogens is 1. The van der Waals surface area contributed by atoms with Gasteiger partial charge in [0.1, 0.15) is 0 Å². The Morgan fingerprint density at radius 3 is 2.46 bits per heavy atom. The van der Waals surface area contributed by atoms with Crippen molar-refractivity contribution in [2.75, 3.05) is 0 Å². The molecule has 0 aliphatic rings. The Morgan fingerprint density at radius 2 is 2.00 bits per heavy atom. The molecule has 0 bridgehead atoms. The van der Waals surface area contributed by atoms with Crippen LogP contribution in [0.1, 0.15) is 38.2 Å². The summed E-state index contributed by atoms with van der Waals surface area (Å²) >= 11 is 0. The van der Waals surface area contributed by atoms with Gasteiger partial charge >= 0.3 is 0 Å². The van der Waals surface area contributed by atoms with E-state index in [1.807, 2.05) is 6.92 Å². The molecule has 2 heteroatoms. The number of rotatable bonds is 2. The first-order valence-electron chi connectivity index (χ1n) is 4.78. The molecule has 1 rings (SSSR count). The first-order valence-corrected chi connectivity index (χ1v) is 4.78. The van der Waals surface area contributed by atoms with Crippen molar-refractivity contribution in [2.24, 2.45) is 0 Å². The summed E-state index contributed by atoms with van der Waals surface area (Å²) in [5.74, 6) is 0. The molecule has 0 spiro atoms. The van der Waals surface area contributed by atoms with Gasteiger partial charge < -0.3 is 4.57 Å². The Labute approximate surface area is 79.2 Å². The van der Waals surface area contributed by atoms with Crippen LogP contribution in [0.15, 0.2) is 16.9 Å². The molecule has 0 atom stereocenters. The van der Waals surface area contributed by atoms with Crippen LogP contribution in [-0.4, -0.2) is 4.57 Å². The summed E-state index contributed by atoms with van der Waals surface area (Å²) in [5, 5.41) is 0. The second-order valence-corrected chi connectivity index (χ2v) is 3.64. The molecular weight excluding hydrogens is 162 g/mol. The van der Waals surface area contributed by atoms with Crippen molar-refractivity contribution in [3.8, 4) is 0 Å². The maximum Gasteiger partial charge on any atom is 0.182 e. The van der Waals surface area contributed by atoms with Crippen molar-refractivity contribution in [1.82, 2.24) is 4.57 Å². The zero-order chi connectivity index (χ0) is 10.0. The molecule has 0 amide bonds. The molecule has 13 heavy (non-hydrogen) atoms. The van der Waals surface area contributed by atoms with Crippen molar-refractivity contribution in [1.29, 1.82) is 0 Å². The number of pyridine rings is 1. The largest absolute Gasteiger partial charge is 0.346 e. The highest BCUT2D eigenvalue weighted by atomic mass is 16.1. The van der Waals surface area contributed by atoms with Gasteiger partial charge in [-0.3, -0.25) is 4.79 Å². The first-order chi connectivity index (χ1) is 6.06. The minimum absolute atomic E-state index is 0.117. The topological polar surface area (TPSA) is 22.0 Å². The van der Waals surface area contributed by atoms with Crippen LogP contribution < -0.4 is 5.43 Å². The molecule has 1 aromatic rings. The maximum atomic E-state index is 11.2. The van der Waals surface area contributed by atoms with Gasteiger partial charge in [0.05, 0.1) is 0 Å². The molecule has 0 saturated carbocycles. The number of hydrogen-bond acceptors (Lipinski definition) is 1. The van der Waals surface area contributed by atoms with Gasteiger partial charge in [0.15, 0.2) is 5.43 Å². The van der Waals surface area contributed by atoms with E-state index in [-0.39, 0.29) is 5.43 Å². The minimum Gasteiger partial charge on any atom is -0.346 e. The van der Waals surface area contributed by atoms with Gasteiger partial charge in [-0.15, -0.1) is 0 Å². The quantitative estimate of drug-likeness (QED) is 0.682. The van der Waals surface area contributed by atoms with E-state index in [2.05, 4.69) is 25.3 Å². The van der Waals surface area contributed by atoms with E-state index in [0.717, 1.165) is 17.8 Å². The summed E-state index contributed by atoms with van der Waals surface area (Å²) in [4.78, 5) is 11.2. The highest BCUT2D eigenvalue weighted by molar-refractivity contribution is 5.14. The van der Waals surface area contributed by atoms with Crippen LogP contribution in [0.3, 0.4) is 0 Å². The van der Waals surface area contributed by atoms with E-state index < -0.39 is 0 Å². The van der Waals surface area contributed by atoms with Crippen LogP contribution in [0, 0.1) is 6.92 Å². The predicted molar refractivity (Wildman–Crippen MR) is 55.2 cm³/mol. The van der Waals surface area contributed by atoms with E-state index in [1.54, 1.807) is 12.1 Å².